The zero-order valence-corrected chi connectivity index (χ0v) is 17.2. The van der Waals surface area contributed by atoms with Gasteiger partial charge in [0.2, 0.25) is 10.0 Å². The van der Waals surface area contributed by atoms with Gasteiger partial charge in [-0.25, -0.2) is 13.1 Å². The van der Waals surface area contributed by atoms with Gasteiger partial charge in [-0.15, -0.1) is 0 Å². The summed E-state index contributed by atoms with van der Waals surface area (Å²) in [5.41, 5.74) is 1.02. The third kappa shape index (κ3) is 5.08. The molecule has 1 aliphatic rings. The van der Waals surface area contributed by atoms with E-state index in [9.17, 15) is 8.42 Å². The molecule has 2 heterocycles. The number of benzene rings is 1. The minimum Gasteiger partial charge on any atom is -0.497 e. The number of rotatable bonds is 8. The Morgan fingerprint density at radius 1 is 1.14 bits per heavy atom. The summed E-state index contributed by atoms with van der Waals surface area (Å²) in [4.78, 5) is 9.19. The van der Waals surface area contributed by atoms with Crippen LogP contribution in [-0.4, -0.2) is 69.6 Å². The van der Waals surface area contributed by atoms with Crippen molar-refractivity contribution in [2.24, 2.45) is 0 Å². The minimum atomic E-state index is -3.61. The lowest BCUT2D eigenvalue weighted by molar-refractivity contribution is 0.100. The first-order valence-electron chi connectivity index (χ1n) is 9.53. The number of ether oxygens (including phenoxy) is 1. The first-order valence-corrected chi connectivity index (χ1v) is 11.0. The summed E-state index contributed by atoms with van der Waals surface area (Å²) in [6.07, 6.45) is 3.55. The fourth-order valence-electron chi connectivity index (χ4n) is 3.45. The van der Waals surface area contributed by atoms with E-state index in [4.69, 9.17) is 4.74 Å². The molecule has 28 heavy (non-hydrogen) atoms. The second-order valence-corrected chi connectivity index (χ2v) is 8.57. The van der Waals surface area contributed by atoms with E-state index in [1.54, 1.807) is 37.6 Å². The van der Waals surface area contributed by atoms with Crippen LogP contribution in [0.15, 0.2) is 53.7 Å². The normalized spacial score (nSPS) is 17.4. The first kappa shape index (κ1) is 20.7. The van der Waals surface area contributed by atoms with Crippen LogP contribution in [0.25, 0.3) is 0 Å². The number of likely N-dealkylation sites (N-methyl/N-ethyl adjacent to an activating group) is 1. The second kappa shape index (κ2) is 9.47. The lowest BCUT2D eigenvalue weighted by Gasteiger charge is -2.39. The maximum atomic E-state index is 12.8. The molecule has 152 valence electrons. The number of aromatic nitrogens is 1. The SMILES string of the molecule is CCN1CCN([C@H](CNS(=O)(=O)c2ccc(OC)cc2)c2cccnc2)CC1. The van der Waals surface area contributed by atoms with Crippen LogP contribution in [0.5, 0.6) is 5.75 Å². The highest BCUT2D eigenvalue weighted by molar-refractivity contribution is 7.89. The molecule has 0 aliphatic carbocycles. The maximum absolute atomic E-state index is 12.8. The predicted molar refractivity (Wildman–Crippen MR) is 109 cm³/mol. The number of hydrogen-bond acceptors (Lipinski definition) is 6. The average molecular weight is 405 g/mol. The molecule has 0 saturated carbocycles. The number of sulfonamides is 1. The van der Waals surface area contributed by atoms with Crippen molar-refractivity contribution in [2.45, 2.75) is 17.9 Å². The van der Waals surface area contributed by atoms with Gasteiger partial charge in [-0.2, -0.15) is 0 Å². The van der Waals surface area contributed by atoms with Crippen molar-refractivity contribution in [1.82, 2.24) is 19.5 Å². The molecular formula is C20H28N4O3S. The molecule has 3 rings (SSSR count). The lowest BCUT2D eigenvalue weighted by Crippen LogP contribution is -2.49. The fraction of sp³-hybridized carbons (Fsp3) is 0.450. The Labute approximate surface area is 167 Å². The van der Waals surface area contributed by atoms with E-state index in [0.29, 0.717) is 12.3 Å². The molecule has 1 fully saturated rings. The molecule has 1 atom stereocenters. The second-order valence-electron chi connectivity index (χ2n) is 6.80. The van der Waals surface area contributed by atoms with Gasteiger partial charge in [0.1, 0.15) is 5.75 Å². The fourth-order valence-corrected chi connectivity index (χ4v) is 4.49. The highest BCUT2D eigenvalue weighted by atomic mass is 32.2. The van der Waals surface area contributed by atoms with Crippen molar-refractivity contribution < 1.29 is 13.2 Å². The van der Waals surface area contributed by atoms with Gasteiger partial charge in [0.25, 0.3) is 0 Å². The molecule has 7 nitrogen and oxygen atoms in total. The molecule has 1 saturated heterocycles. The van der Waals surface area contributed by atoms with Gasteiger partial charge in [-0.1, -0.05) is 13.0 Å². The maximum Gasteiger partial charge on any atom is 0.240 e. The van der Waals surface area contributed by atoms with Crippen LogP contribution in [0.3, 0.4) is 0 Å². The molecule has 0 radical (unpaired) electrons. The Balaban J connectivity index is 1.74. The molecule has 1 aliphatic heterocycles. The van der Waals surface area contributed by atoms with Crippen LogP contribution in [0.2, 0.25) is 0 Å². The van der Waals surface area contributed by atoms with Crippen molar-refractivity contribution in [1.29, 1.82) is 0 Å². The molecule has 1 aromatic heterocycles. The quantitative estimate of drug-likeness (QED) is 0.723. The van der Waals surface area contributed by atoms with Crippen molar-refractivity contribution in [2.75, 3.05) is 46.4 Å². The van der Waals surface area contributed by atoms with Gasteiger partial charge in [0, 0.05) is 51.2 Å². The molecule has 8 heteroatoms. The number of nitrogens with one attached hydrogen (secondary N) is 1. The number of pyridine rings is 1. The van der Waals surface area contributed by atoms with Crippen LogP contribution in [0.1, 0.15) is 18.5 Å². The van der Waals surface area contributed by atoms with E-state index in [0.717, 1.165) is 38.3 Å². The molecule has 0 spiro atoms. The molecule has 1 aromatic carbocycles. The molecule has 0 unspecified atom stereocenters. The van der Waals surface area contributed by atoms with Gasteiger partial charge in [0.15, 0.2) is 0 Å². The molecule has 0 amide bonds. The monoisotopic (exact) mass is 404 g/mol. The summed E-state index contributed by atoms with van der Waals surface area (Å²) in [6, 6.07) is 10.3. The largest absolute Gasteiger partial charge is 0.497 e. The Morgan fingerprint density at radius 2 is 1.86 bits per heavy atom. The van der Waals surface area contributed by atoms with Crippen molar-refractivity contribution in [3.05, 3.63) is 54.4 Å². The summed E-state index contributed by atoms with van der Waals surface area (Å²) in [5.74, 6) is 0.626. The van der Waals surface area contributed by atoms with E-state index >= 15 is 0 Å². The van der Waals surface area contributed by atoms with Crippen LogP contribution in [0.4, 0.5) is 0 Å². The van der Waals surface area contributed by atoms with Gasteiger partial charge < -0.3 is 9.64 Å². The summed E-state index contributed by atoms with van der Waals surface area (Å²) >= 11 is 0. The highest BCUT2D eigenvalue weighted by Crippen LogP contribution is 2.22. The molecule has 1 N–H and O–H groups in total. The number of hydrogen-bond donors (Lipinski definition) is 1. The third-order valence-corrected chi connectivity index (χ3v) is 6.64. The number of methoxy groups -OCH3 is 1. The van der Waals surface area contributed by atoms with Crippen LogP contribution in [-0.2, 0) is 10.0 Å². The minimum absolute atomic E-state index is 0.0549. The lowest BCUT2D eigenvalue weighted by atomic mass is 10.1. The average Bonchev–Trinajstić information content (AvgIpc) is 2.75. The summed E-state index contributed by atoms with van der Waals surface area (Å²) in [6.45, 7) is 7.27. The topological polar surface area (TPSA) is 74.8 Å². The van der Waals surface area contributed by atoms with E-state index in [1.807, 2.05) is 18.3 Å². The standard InChI is InChI=1S/C20H28N4O3S/c1-3-23-11-13-24(14-12-23)20(17-5-4-10-21-15-17)16-22-28(25,26)19-8-6-18(27-2)7-9-19/h4-10,15,20,22H,3,11-14,16H2,1-2H3/t20-/m1/s1. The number of piperazine rings is 1. The highest BCUT2D eigenvalue weighted by Gasteiger charge is 2.26. The molecule has 2 aromatic rings. The Morgan fingerprint density at radius 3 is 2.43 bits per heavy atom. The zero-order valence-electron chi connectivity index (χ0n) is 16.4. The zero-order chi connectivity index (χ0) is 20.0. The van der Waals surface area contributed by atoms with Crippen LogP contribution < -0.4 is 9.46 Å². The van der Waals surface area contributed by atoms with Gasteiger partial charge in [0.05, 0.1) is 12.0 Å². The molecule has 0 bridgehead atoms. The van der Waals surface area contributed by atoms with Crippen molar-refractivity contribution in [3.8, 4) is 5.75 Å². The Bertz CT molecular complexity index is 836. The molecular weight excluding hydrogens is 376 g/mol. The van der Waals surface area contributed by atoms with Crippen LogP contribution >= 0.6 is 0 Å². The number of nitrogens with zero attached hydrogens (tertiary/aromatic N) is 3. The van der Waals surface area contributed by atoms with E-state index in [1.165, 1.54) is 0 Å². The summed E-state index contributed by atoms with van der Waals surface area (Å²) in [5, 5.41) is 0. The van der Waals surface area contributed by atoms with E-state index < -0.39 is 10.0 Å². The third-order valence-electron chi connectivity index (χ3n) is 5.20. The van der Waals surface area contributed by atoms with Gasteiger partial charge in [-0.3, -0.25) is 9.88 Å². The van der Waals surface area contributed by atoms with Crippen LogP contribution in [0, 0.1) is 0 Å². The predicted octanol–water partition coefficient (Wildman–Crippen LogP) is 1.75. The van der Waals surface area contributed by atoms with E-state index in [2.05, 4.69) is 26.4 Å². The van der Waals surface area contributed by atoms with Gasteiger partial charge >= 0.3 is 0 Å². The summed E-state index contributed by atoms with van der Waals surface area (Å²) in [7, 11) is -2.05. The van der Waals surface area contributed by atoms with E-state index in [-0.39, 0.29) is 10.9 Å². The van der Waals surface area contributed by atoms with Gasteiger partial charge in [-0.05, 0) is 42.4 Å². The van der Waals surface area contributed by atoms with Crippen molar-refractivity contribution >= 4 is 10.0 Å². The summed E-state index contributed by atoms with van der Waals surface area (Å²) < 4.78 is 33.4. The first-order chi connectivity index (χ1) is 13.5. The Kier molecular flexibility index (Phi) is 7.01. The van der Waals surface area contributed by atoms with Crippen molar-refractivity contribution in [3.63, 3.8) is 0 Å². The smallest absolute Gasteiger partial charge is 0.240 e. The Hall–Kier alpha value is -2.00.